The highest BCUT2D eigenvalue weighted by atomic mass is 19.1. The first-order valence-corrected chi connectivity index (χ1v) is 11.3. The highest BCUT2D eigenvalue weighted by Crippen LogP contribution is 2.26. The Morgan fingerprint density at radius 2 is 1.94 bits per heavy atom. The fraction of sp³-hybridized carbons (Fsp3) is 0.542. The number of β-amino-alcohol motifs (C(OH)–C–C–N with tert-alkyl or cyclic N) is 1. The second-order valence-electron chi connectivity index (χ2n) is 8.85. The van der Waals surface area contributed by atoms with Crippen LogP contribution in [0.2, 0.25) is 0 Å². The van der Waals surface area contributed by atoms with Crippen LogP contribution in [0.25, 0.3) is 0 Å². The Morgan fingerprint density at radius 3 is 2.66 bits per heavy atom. The summed E-state index contributed by atoms with van der Waals surface area (Å²) in [6, 6.07) is 11.2. The van der Waals surface area contributed by atoms with Crippen molar-refractivity contribution in [3.8, 4) is 5.75 Å². The molecule has 1 atom stereocenters. The molecule has 2 aliphatic heterocycles. The number of rotatable bonds is 9. The van der Waals surface area contributed by atoms with E-state index in [2.05, 4.69) is 26.9 Å². The van der Waals surface area contributed by atoms with Gasteiger partial charge in [-0.25, -0.2) is 9.37 Å². The smallest absolute Gasteiger partial charge is 0.141 e. The van der Waals surface area contributed by atoms with Gasteiger partial charge in [-0.3, -0.25) is 9.80 Å². The SMILES string of the molecule is CN(Cc1ccc(OCCN2CCOCC2)cc1)CC1(O)CCN(c2ccc(F)cn2)C1. The molecule has 3 heterocycles. The van der Waals surface area contributed by atoms with E-state index in [9.17, 15) is 9.50 Å². The van der Waals surface area contributed by atoms with Crippen molar-refractivity contribution in [2.75, 3.05) is 71.0 Å². The number of morpholine rings is 1. The molecule has 0 amide bonds. The average molecular weight is 445 g/mol. The second-order valence-corrected chi connectivity index (χ2v) is 8.85. The topological polar surface area (TPSA) is 61.3 Å². The lowest BCUT2D eigenvalue weighted by molar-refractivity contribution is 0.0279. The lowest BCUT2D eigenvalue weighted by Gasteiger charge is -2.29. The Morgan fingerprint density at radius 1 is 1.16 bits per heavy atom. The van der Waals surface area contributed by atoms with Crippen LogP contribution in [0.3, 0.4) is 0 Å². The van der Waals surface area contributed by atoms with E-state index >= 15 is 0 Å². The van der Waals surface area contributed by atoms with Crippen LogP contribution in [0.4, 0.5) is 10.2 Å². The fourth-order valence-electron chi connectivity index (χ4n) is 4.41. The number of nitrogens with zero attached hydrogens (tertiary/aromatic N) is 4. The highest BCUT2D eigenvalue weighted by Gasteiger charge is 2.37. The van der Waals surface area contributed by atoms with Gasteiger partial charge in [-0.1, -0.05) is 12.1 Å². The Hall–Kier alpha value is -2.26. The number of hydrogen-bond acceptors (Lipinski definition) is 7. The van der Waals surface area contributed by atoms with Gasteiger partial charge in [-0.05, 0) is 43.3 Å². The van der Waals surface area contributed by atoms with Crippen molar-refractivity contribution in [1.29, 1.82) is 0 Å². The predicted octanol–water partition coefficient (Wildman–Crippen LogP) is 2.00. The number of likely N-dealkylation sites (N-methyl/N-ethyl adjacent to an activating group) is 1. The van der Waals surface area contributed by atoms with Crippen LogP contribution in [-0.2, 0) is 11.3 Å². The first-order valence-electron chi connectivity index (χ1n) is 11.3. The molecule has 2 fully saturated rings. The Bertz CT molecular complexity index is 845. The predicted molar refractivity (Wildman–Crippen MR) is 122 cm³/mol. The molecule has 32 heavy (non-hydrogen) atoms. The molecule has 174 valence electrons. The maximum absolute atomic E-state index is 13.1. The summed E-state index contributed by atoms with van der Waals surface area (Å²) in [4.78, 5) is 10.6. The Kier molecular flexibility index (Phi) is 7.57. The van der Waals surface area contributed by atoms with Gasteiger partial charge in [0.05, 0.1) is 25.0 Å². The van der Waals surface area contributed by atoms with Crippen molar-refractivity contribution in [2.24, 2.45) is 0 Å². The summed E-state index contributed by atoms with van der Waals surface area (Å²) in [5.41, 5.74) is 0.361. The van der Waals surface area contributed by atoms with Crippen LogP contribution in [-0.4, -0.2) is 91.6 Å². The van der Waals surface area contributed by atoms with Gasteiger partial charge in [0.25, 0.3) is 0 Å². The van der Waals surface area contributed by atoms with Gasteiger partial charge in [0.1, 0.15) is 24.0 Å². The third-order valence-corrected chi connectivity index (χ3v) is 6.09. The molecule has 8 heteroatoms. The lowest BCUT2D eigenvalue weighted by Crippen LogP contribution is -2.43. The van der Waals surface area contributed by atoms with Gasteiger partial charge in [-0.15, -0.1) is 0 Å². The van der Waals surface area contributed by atoms with Gasteiger partial charge < -0.3 is 19.5 Å². The summed E-state index contributed by atoms with van der Waals surface area (Å²) in [7, 11) is 2.02. The van der Waals surface area contributed by atoms with E-state index in [0.29, 0.717) is 38.5 Å². The first-order chi connectivity index (χ1) is 15.5. The number of pyridine rings is 1. The molecule has 4 rings (SSSR count). The third kappa shape index (κ3) is 6.38. The zero-order valence-corrected chi connectivity index (χ0v) is 18.8. The Labute approximate surface area is 189 Å². The molecule has 0 spiro atoms. The summed E-state index contributed by atoms with van der Waals surface area (Å²) in [5, 5.41) is 11.1. The van der Waals surface area contributed by atoms with Crippen molar-refractivity contribution < 1.29 is 19.0 Å². The van der Waals surface area contributed by atoms with Crippen molar-refractivity contribution in [3.05, 3.63) is 54.0 Å². The first kappa shape index (κ1) is 22.9. The summed E-state index contributed by atoms with van der Waals surface area (Å²) < 4.78 is 24.4. The molecule has 0 bridgehead atoms. The van der Waals surface area contributed by atoms with Crippen LogP contribution in [0.15, 0.2) is 42.6 Å². The molecule has 0 aliphatic carbocycles. The summed E-state index contributed by atoms with van der Waals surface area (Å²) >= 11 is 0. The zero-order chi connectivity index (χ0) is 22.4. The molecule has 1 aromatic carbocycles. The standard InChI is InChI=1S/C24H33FN4O3/c1-27(18-24(30)8-9-29(19-24)23-7-4-21(25)16-26-23)17-20-2-5-22(6-3-20)32-15-12-28-10-13-31-14-11-28/h2-7,16,30H,8-15,17-19H2,1H3. The van der Waals surface area contributed by atoms with E-state index in [1.54, 1.807) is 6.07 Å². The maximum Gasteiger partial charge on any atom is 0.141 e. The molecule has 2 aromatic rings. The molecule has 1 aromatic heterocycles. The normalized spacial score (nSPS) is 21.9. The monoisotopic (exact) mass is 444 g/mol. The summed E-state index contributed by atoms with van der Waals surface area (Å²) in [6.07, 6.45) is 1.88. The van der Waals surface area contributed by atoms with Crippen LogP contribution in [0, 0.1) is 5.82 Å². The van der Waals surface area contributed by atoms with E-state index in [4.69, 9.17) is 9.47 Å². The largest absolute Gasteiger partial charge is 0.492 e. The molecule has 1 unspecified atom stereocenters. The van der Waals surface area contributed by atoms with Crippen molar-refractivity contribution >= 4 is 5.82 Å². The van der Waals surface area contributed by atoms with Crippen molar-refractivity contribution in [3.63, 3.8) is 0 Å². The molecule has 2 aliphatic rings. The summed E-state index contributed by atoms with van der Waals surface area (Å²) in [5.74, 6) is 1.23. The van der Waals surface area contributed by atoms with Gasteiger partial charge in [0, 0.05) is 45.8 Å². The fourth-order valence-corrected chi connectivity index (χ4v) is 4.41. The van der Waals surface area contributed by atoms with E-state index < -0.39 is 5.60 Å². The van der Waals surface area contributed by atoms with Gasteiger partial charge in [0.2, 0.25) is 0 Å². The number of hydrogen-bond donors (Lipinski definition) is 1. The molecule has 0 radical (unpaired) electrons. The molecule has 1 N–H and O–H groups in total. The van der Waals surface area contributed by atoms with E-state index in [0.717, 1.165) is 45.1 Å². The molecule has 7 nitrogen and oxygen atoms in total. The number of anilines is 1. The van der Waals surface area contributed by atoms with Crippen molar-refractivity contribution in [1.82, 2.24) is 14.8 Å². The number of aromatic nitrogens is 1. The molecule has 2 saturated heterocycles. The maximum atomic E-state index is 13.1. The Balaban J connectivity index is 1.21. The zero-order valence-electron chi connectivity index (χ0n) is 18.8. The third-order valence-electron chi connectivity index (χ3n) is 6.09. The highest BCUT2D eigenvalue weighted by molar-refractivity contribution is 5.40. The average Bonchev–Trinajstić information content (AvgIpc) is 3.17. The number of aliphatic hydroxyl groups is 1. The second kappa shape index (κ2) is 10.6. The minimum absolute atomic E-state index is 0.350. The van der Waals surface area contributed by atoms with Crippen LogP contribution in [0.5, 0.6) is 5.75 Å². The molecule has 0 saturated carbocycles. The number of ether oxygens (including phenoxy) is 2. The summed E-state index contributed by atoms with van der Waals surface area (Å²) in [6.45, 7) is 7.64. The number of benzene rings is 1. The van der Waals surface area contributed by atoms with Gasteiger partial charge in [0.15, 0.2) is 0 Å². The van der Waals surface area contributed by atoms with Crippen LogP contribution in [0.1, 0.15) is 12.0 Å². The quantitative estimate of drug-likeness (QED) is 0.635. The minimum atomic E-state index is -0.812. The van der Waals surface area contributed by atoms with Gasteiger partial charge in [-0.2, -0.15) is 0 Å². The van der Waals surface area contributed by atoms with E-state index in [1.165, 1.54) is 17.8 Å². The lowest BCUT2D eigenvalue weighted by atomic mass is 10.0. The molecular weight excluding hydrogens is 411 g/mol. The van der Waals surface area contributed by atoms with E-state index in [1.807, 2.05) is 24.1 Å². The van der Waals surface area contributed by atoms with Gasteiger partial charge >= 0.3 is 0 Å². The molecular formula is C24H33FN4O3. The van der Waals surface area contributed by atoms with Crippen LogP contribution >= 0.6 is 0 Å². The van der Waals surface area contributed by atoms with Crippen LogP contribution < -0.4 is 9.64 Å². The minimum Gasteiger partial charge on any atom is -0.492 e. The van der Waals surface area contributed by atoms with E-state index in [-0.39, 0.29) is 5.82 Å². The van der Waals surface area contributed by atoms with Crippen molar-refractivity contribution in [2.45, 2.75) is 18.6 Å². The number of halogens is 1.